The van der Waals surface area contributed by atoms with E-state index in [0.29, 0.717) is 32.4 Å². The zero-order valence-corrected chi connectivity index (χ0v) is 13.6. The van der Waals surface area contributed by atoms with Crippen LogP contribution in [0.2, 0.25) is 0 Å². The van der Waals surface area contributed by atoms with Crippen LogP contribution in [0.25, 0.3) is 0 Å². The standard InChI is InChI=1S/C13H26N2O4S/c1-5-10-20(17,18)15-8-6-11(7-9-15)14-12(16)19-13(2,3)4/h11H,5-10H2,1-4H3,(H,14,16). The lowest BCUT2D eigenvalue weighted by molar-refractivity contribution is 0.0489. The lowest BCUT2D eigenvalue weighted by atomic mass is 10.1. The van der Waals surface area contributed by atoms with E-state index in [9.17, 15) is 13.2 Å². The van der Waals surface area contributed by atoms with E-state index in [2.05, 4.69) is 5.32 Å². The number of hydrogen-bond acceptors (Lipinski definition) is 4. The summed E-state index contributed by atoms with van der Waals surface area (Å²) in [7, 11) is -3.12. The number of amides is 1. The number of carbonyl (C=O) groups excluding carboxylic acids is 1. The normalized spacial score (nSPS) is 18.8. The molecule has 0 spiro atoms. The maximum Gasteiger partial charge on any atom is 0.407 e. The second-order valence-corrected chi connectivity index (χ2v) is 8.22. The van der Waals surface area contributed by atoms with Crippen LogP contribution in [-0.2, 0) is 14.8 Å². The summed E-state index contributed by atoms with van der Waals surface area (Å²) in [6.07, 6.45) is 1.44. The van der Waals surface area contributed by atoms with E-state index in [-0.39, 0.29) is 11.8 Å². The quantitative estimate of drug-likeness (QED) is 0.858. The van der Waals surface area contributed by atoms with E-state index in [1.807, 2.05) is 27.7 Å². The van der Waals surface area contributed by atoms with Gasteiger partial charge in [0.1, 0.15) is 5.60 Å². The fraction of sp³-hybridized carbons (Fsp3) is 0.923. The molecule has 0 saturated carbocycles. The first-order valence-electron chi connectivity index (χ1n) is 7.11. The van der Waals surface area contributed by atoms with Crippen LogP contribution < -0.4 is 5.32 Å². The van der Waals surface area contributed by atoms with Crippen molar-refractivity contribution < 1.29 is 17.9 Å². The van der Waals surface area contributed by atoms with Crippen molar-refractivity contribution in [2.75, 3.05) is 18.8 Å². The van der Waals surface area contributed by atoms with Gasteiger partial charge < -0.3 is 10.1 Å². The van der Waals surface area contributed by atoms with Crippen molar-refractivity contribution >= 4 is 16.1 Å². The van der Waals surface area contributed by atoms with Gasteiger partial charge in [0.25, 0.3) is 0 Å². The number of sulfonamides is 1. The van der Waals surface area contributed by atoms with Gasteiger partial charge in [0, 0.05) is 19.1 Å². The number of alkyl carbamates (subject to hydrolysis) is 1. The summed E-state index contributed by atoms with van der Waals surface area (Å²) in [5.41, 5.74) is -0.519. The van der Waals surface area contributed by atoms with Crippen molar-refractivity contribution in [2.45, 2.75) is 58.6 Å². The Bertz CT molecular complexity index is 420. The molecule has 1 fully saturated rings. The summed E-state index contributed by atoms with van der Waals surface area (Å²) in [6, 6.07) is -0.0158. The van der Waals surface area contributed by atoms with E-state index in [4.69, 9.17) is 4.74 Å². The van der Waals surface area contributed by atoms with Crippen LogP contribution in [0.1, 0.15) is 47.0 Å². The zero-order chi connectivity index (χ0) is 15.4. The SMILES string of the molecule is CCCS(=O)(=O)N1CCC(NC(=O)OC(C)(C)C)CC1. The van der Waals surface area contributed by atoms with Crippen molar-refractivity contribution in [1.82, 2.24) is 9.62 Å². The van der Waals surface area contributed by atoms with Crippen LogP contribution in [0.3, 0.4) is 0 Å². The van der Waals surface area contributed by atoms with Crippen molar-refractivity contribution in [1.29, 1.82) is 0 Å². The summed E-state index contributed by atoms with van der Waals surface area (Å²) in [4.78, 5) is 11.6. The molecule has 0 aromatic heterocycles. The van der Waals surface area contributed by atoms with Crippen LogP contribution in [0.15, 0.2) is 0 Å². The molecule has 1 N–H and O–H groups in total. The van der Waals surface area contributed by atoms with Crippen molar-refractivity contribution in [3.8, 4) is 0 Å². The maximum atomic E-state index is 11.9. The molecule has 118 valence electrons. The third-order valence-corrected chi connectivity index (χ3v) is 5.11. The summed E-state index contributed by atoms with van der Waals surface area (Å²) in [5.74, 6) is 0.192. The highest BCUT2D eigenvalue weighted by Gasteiger charge is 2.28. The Hall–Kier alpha value is -0.820. The van der Waals surface area contributed by atoms with Gasteiger partial charge in [-0.05, 0) is 40.0 Å². The highest BCUT2D eigenvalue weighted by Crippen LogP contribution is 2.16. The largest absolute Gasteiger partial charge is 0.444 e. The molecule has 7 heteroatoms. The minimum Gasteiger partial charge on any atom is -0.444 e. The summed E-state index contributed by atoms with van der Waals surface area (Å²) in [6.45, 7) is 8.21. The molecular weight excluding hydrogens is 280 g/mol. The van der Waals surface area contributed by atoms with Gasteiger partial charge in [-0.25, -0.2) is 17.5 Å². The first kappa shape index (κ1) is 17.2. The Kier molecular flexibility index (Phi) is 5.82. The number of nitrogens with one attached hydrogen (secondary N) is 1. The van der Waals surface area contributed by atoms with E-state index >= 15 is 0 Å². The Morgan fingerprint density at radius 2 is 1.85 bits per heavy atom. The first-order chi connectivity index (χ1) is 9.14. The molecule has 1 heterocycles. The molecule has 1 amide bonds. The molecule has 0 radical (unpaired) electrons. The first-order valence-corrected chi connectivity index (χ1v) is 8.72. The molecule has 0 aromatic rings. The molecule has 0 aliphatic carbocycles. The Balaban J connectivity index is 2.41. The minimum atomic E-state index is -3.12. The Morgan fingerprint density at radius 1 is 1.30 bits per heavy atom. The number of ether oxygens (including phenoxy) is 1. The maximum absolute atomic E-state index is 11.9. The third-order valence-electron chi connectivity index (χ3n) is 3.03. The molecule has 20 heavy (non-hydrogen) atoms. The van der Waals surface area contributed by atoms with Gasteiger partial charge in [-0.15, -0.1) is 0 Å². The van der Waals surface area contributed by atoms with Crippen LogP contribution in [0.5, 0.6) is 0 Å². The number of rotatable bonds is 4. The Morgan fingerprint density at radius 3 is 2.30 bits per heavy atom. The molecule has 1 aliphatic rings. The second-order valence-electron chi connectivity index (χ2n) is 6.14. The van der Waals surface area contributed by atoms with Crippen molar-refractivity contribution in [3.05, 3.63) is 0 Å². The fourth-order valence-electron chi connectivity index (χ4n) is 2.14. The lowest BCUT2D eigenvalue weighted by Crippen LogP contribution is -2.48. The van der Waals surface area contributed by atoms with Gasteiger partial charge in [0.05, 0.1) is 5.75 Å². The third kappa shape index (κ3) is 5.66. The number of nitrogens with zero attached hydrogens (tertiary/aromatic N) is 1. The van der Waals surface area contributed by atoms with Crippen molar-refractivity contribution in [2.24, 2.45) is 0 Å². The second kappa shape index (κ2) is 6.76. The van der Waals surface area contributed by atoms with Gasteiger partial charge >= 0.3 is 6.09 Å². The number of carbonyl (C=O) groups is 1. The average molecular weight is 306 g/mol. The van der Waals surface area contributed by atoms with Gasteiger partial charge in [-0.3, -0.25) is 0 Å². The summed E-state index contributed by atoms with van der Waals surface area (Å²) in [5, 5.41) is 2.80. The van der Waals surface area contributed by atoms with Crippen LogP contribution in [0.4, 0.5) is 4.79 Å². The van der Waals surface area contributed by atoms with Crippen LogP contribution >= 0.6 is 0 Å². The molecule has 1 rings (SSSR count). The highest BCUT2D eigenvalue weighted by molar-refractivity contribution is 7.89. The minimum absolute atomic E-state index is 0.0158. The lowest BCUT2D eigenvalue weighted by Gasteiger charge is -2.32. The van der Waals surface area contributed by atoms with Gasteiger partial charge in [-0.2, -0.15) is 0 Å². The predicted octanol–water partition coefficient (Wildman–Crippen LogP) is 1.72. The molecule has 0 bridgehead atoms. The van der Waals surface area contributed by atoms with Crippen LogP contribution in [-0.4, -0.2) is 49.3 Å². The van der Waals surface area contributed by atoms with E-state index in [1.165, 1.54) is 4.31 Å². The van der Waals surface area contributed by atoms with E-state index in [0.717, 1.165) is 0 Å². The highest BCUT2D eigenvalue weighted by atomic mass is 32.2. The molecule has 0 unspecified atom stereocenters. The molecular formula is C13H26N2O4S. The van der Waals surface area contributed by atoms with E-state index < -0.39 is 21.7 Å². The molecule has 0 aromatic carbocycles. The topological polar surface area (TPSA) is 75.7 Å². The summed E-state index contributed by atoms with van der Waals surface area (Å²) < 4.78 is 30.5. The van der Waals surface area contributed by atoms with Gasteiger partial charge in [0.2, 0.25) is 10.0 Å². The number of hydrogen-bond donors (Lipinski definition) is 1. The average Bonchev–Trinajstić information content (AvgIpc) is 2.26. The van der Waals surface area contributed by atoms with Gasteiger partial charge in [-0.1, -0.05) is 6.92 Å². The summed E-state index contributed by atoms with van der Waals surface area (Å²) >= 11 is 0. The van der Waals surface area contributed by atoms with Crippen molar-refractivity contribution in [3.63, 3.8) is 0 Å². The number of piperidine rings is 1. The molecule has 6 nitrogen and oxygen atoms in total. The Labute approximate surface area is 121 Å². The van der Waals surface area contributed by atoms with E-state index in [1.54, 1.807) is 0 Å². The van der Waals surface area contributed by atoms with Crippen LogP contribution in [0, 0.1) is 0 Å². The fourth-order valence-corrected chi connectivity index (χ4v) is 3.68. The van der Waals surface area contributed by atoms with Gasteiger partial charge in [0.15, 0.2) is 0 Å². The zero-order valence-electron chi connectivity index (χ0n) is 12.8. The smallest absolute Gasteiger partial charge is 0.407 e. The molecule has 1 aliphatic heterocycles. The molecule has 1 saturated heterocycles. The monoisotopic (exact) mass is 306 g/mol. The molecule has 0 atom stereocenters. The predicted molar refractivity (Wildman–Crippen MR) is 78.0 cm³/mol.